The van der Waals surface area contributed by atoms with Crippen LogP contribution in [0.4, 0.5) is 11.8 Å². The fourth-order valence-corrected chi connectivity index (χ4v) is 3.96. The van der Waals surface area contributed by atoms with Crippen LogP contribution in [-0.2, 0) is 9.47 Å². The van der Waals surface area contributed by atoms with Gasteiger partial charge in [0, 0.05) is 32.0 Å². The van der Waals surface area contributed by atoms with Gasteiger partial charge in [-0.05, 0) is 18.9 Å². The minimum atomic E-state index is -0.214. The van der Waals surface area contributed by atoms with Gasteiger partial charge in [0.2, 0.25) is 5.95 Å². The quantitative estimate of drug-likeness (QED) is 0.437. The number of nitrogens with one attached hydrogen (secondary N) is 2. The number of fused-ring (bicyclic) bond motifs is 1. The van der Waals surface area contributed by atoms with Gasteiger partial charge < -0.3 is 19.7 Å². The molecular formula is C23H27N7O3. The minimum Gasteiger partial charge on any atom is -0.379 e. The molecule has 0 spiro atoms. The fraction of sp³-hybridized carbons (Fsp3) is 0.391. The van der Waals surface area contributed by atoms with Crippen molar-refractivity contribution in [2.24, 2.45) is 5.10 Å². The van der Waals surface area contributed by atoms with Crippen molar-refractivity contribution >= 4 is 29.5 Å². The molecule has 3 aromatic rings. The first-order valence-corrected chi connectivity index (χ1v) is 11.1. The summed E-state index contributed by atoms with van der Waals surface area (Å²) in [5, 5.41) is 7.34. The normalized spacial score (nSPS) is 18.8. The first-order valence-electron chi connectivity index (χ1n) is 11.1. The standard InChI is InChI=1S/C23H27N7O3/c1-16-3-2-4-17(11-16)13-24-28-20-12-21-26-19(22(31)25-18-5-8-33-15-18)14-30(21)23(27-20)29-6-9-32-10-7-29/h2-4,11-14,18,28H,5-10,15H2,1H3,(H,25,31)/b24-13+. The maximum Gasteiger partial charge on any atom is 0.271 e. The maximum absolute atomic E-state index is 12.8. The smallest absolute Gasteiger partial charge is 0.271 e. The van der Waals surface area contributed by atoms with Gasteiger partial charge in [0.15, 0.2) is 5.82 Å². The van der Waals surface area contributed by atoms with Gasteiger partial charge in [0.1, 0.15) is 11.3 Å². The zero-order chi connectivity index (χ0) is 22.6. The molecule has 172 valence electrons. The van der Waals surface area contributed by atoms with Crippen LogP contribution in [0.1, 0.15) is 28.0 Å². The zero-order valence-corrected chi connectivity index (χ0v) is 18.5. The zero-order valence-electron chi connectivity index (χ0n) is 18.5. The second-order valence-electron chi connectivity index (χ2n) is 8.21. The van der Waals surface area contributed by atoms with Gasteiger partial charge in [-0.2, -0.15) is 10.1 Å². The number of hydrogen-bond donors (Lipinski definition) is 2. The summed E-state index contributed by atoms with van der Waals surface area (Å²) in [7, 11) is 0. The monoisotopic (exact) mass is 449 g/mol. The van der Waals surface area contributed by atoms with Crippen LogP contribution in [0.5, 0.6) is 0 Å². The van der Waals surface area contributed by atoms with E-state index in [4.69, 9.17) is 14.5 Å². The third-order valence-corrected chi connectivity index (χ3v) is 5.66. The van der Waals surface area contributed by atoms with Crippen LogP contribution >= 0.6 is 0 Å². The maximum atomic E-state index is 12.8. The predicted molar refractivity (Wildman–Crippen MR) is 125 cm³/mol. The fourth-order valence-electron chi connectivity index (χ4n) is 3.96. The highest BCUT2D eigenvalue weighted by Gasteiger charge is 2.23. The number of carbonyl (C=O) groups excluding carboxylic acids is 1. The first-order chi connectivity index (χ1) is 16.2. The van der Waals surface area contributed by atoms with E-state index in [0.717, 1.165) is 12.0 Å². The molecule has 33 heavy (non-hydrogen) atoms. The Morgan fingerprint density at radius 1 is 1.18 bits per heavy atom. The third-order valence-electron chi connectivity index (χ3n) is 5.66. The Labute approximate surface area is 191 Å². The Hall–Kier alpha value is -3.50. The molecule has 2 aliphatic heterocycles. The number of aryl methyl sites for hydroxylation is 1. The molecule has 5 rings (SSSR count). The van der Waals surface area contributed by atoms with Gasteiger partial charge in [-0.25, -0.2) is 4.98 Å². The van der Waals surface area contributed by atoms with Crippen LogP contribution in [0.2, 0.25) is 0 Å². The summed E-state index contributed by atoms with van der Waals surface area (Å²) >= 11 is 0. The van der Waals surface area contributed by atoms with E-state index in [1.807, 2.05) is 29.5 Å². The van der Waals surface area contributed by atoms with Gasteiger partial charge in [-0.3, -0.25) is 14.6 Å². The van der Waals surface area contributed by atoms with Crippen LogP contribution in [0.25, 0.3) is 5.65 Å². The van der Waals surface area contributed by atoms with Crippen molar-refractivity contribution in [3.63, 3.8) is 0 Å². The molecule has 2 saturated heterocycles. The van der Waals surface area contributed by atoms with E-state index in [2.05, 4.69) is 31.8 Å². The molecule has 4 heterocycles. The molecule has 1 amide bonds. The second kappa shape index (κ2) is 9.55. The number of anilines is 2. The van der Waals surface area contributed by atoms with E-state index >= 15 is 0 Å². The lowest BCUT2D eigenvalue weighted by molar-refractivity contribution is 0.0925. The molecule has 1 atom stereocenters. The number of benzene rings is 1. The van der Waals surface area contributed by atoms with Gasteiger partial charge in [0.05, 0.1) is 32.1 Å². The van der Waals surface area contributed by atoms with Gasteiger partial charge in [0.25, 0.3) is 5.91 Å². The Morgan fingerprint density at radius 3 is 2.85 bits per heavy atom. The number of morpholine rings is 1. The number of amides is 1. The van der Waals surface area contributed by atoms with Crippen LogP contribution in [0.15, 0.2) is 41.6 Å². The topological polar surface area (TPSA) is 105 Å². The van der Waals surface area contributed by atoms with E-state index in [0.29, 0.717) is 62.6 Å². The van der Waals surface area contributed by atoms with Crippen LogP contribution in [0.3, 0.4) is 0 Å². The largest absolute Gasteiger partial charge is 0.379 e. The number of ether oxygens (including phenoxy) is 2. The molecule has 0 bridgehead atoms. The average Bonchev–Trinajstić information content (AvgIpc) is 3.49. The van der Waals surface area contributed by atoms with Crippen molar-refractivity contribution in [2.75, 3.05) is 49.8 Å². The van der Waals surface area contributed by atoms with E-state index in [1.165, 1.54) is 5.56 Å². The number of rotatable bonds is 6. The van der Waals surface area contributed by atoms with Gasteiger partial charge >= 0.3 is 0 Å². The second-order valence-corrected chi connectivity index (χ2v) is 8.21. The Morgan fingerprint density at radius 2 is 2.06 bits per heavy atom. The number of carbonyl (C=O) groups is 1. The molecule has 1 aromatic carbocycles. The lowest BCUT2D eigenvalue weighted by atomic mass is 10.2. The number of hydrazone groups is 1. The SMILES string of the molecule is Cc1cccc(/C=N/Nc2cc3nc(C(=O)NC4CCOC4)cn3c(N3CCOCC3)n2)c1. The van der Waals surface area contributed by atoms with E-state index in [-0.39, 0.29) is 11.9 Å². The van der Waals surface area contributed by atoms with Crippen LogP contribution in [0, 0.1) is 6.92 Å². The molecule has 0 radical (unpaired) electrons. The summed E-state index contributed by atoms with van der Waals surface area (Å²) in [5.74, 6) is 1.03. The highest BCUT2D eigenvalue weighted by Crippen LogP contribution is 2.21. The van der Waals surface area contributed by atoms with Gasteiger partial charge in [-0.1, -0.05) is 29.8 Å². The molecule has 2 aliphatic rings. The predicted octanol–water partition coefficient (Wildman–Crippen LogP) is 1.84. The molecule has 1 unspecified atom stereocenters. The molecule has 0 aliphatic carbocycles. The van der Waals surface area contributed by atoms with Crippen LogP contribution in [-0.4, -0.2) is 72.0 Å². The van der Waals surface area contributed by atoms with E-state index < -0.39 is 0 Å². The molecule has 2 aromatic heterocycles. The molecule has 2 N–H and O–H groups in total. The molecule has 0 saturated carbocycles. The number of nitrogens with zero attached hydrogens (tertiary/aromatic N) is 5. The van der Waals surface area contributed by atoms with Crippen molar-refractivity contribution in [3.05, 3.63) is 53.3 Å². The van der Waals surface area contributed by atoms with E-state index in [1.54, 1.807) is 18.5 Å². The van der Waals surface area contributed by atoms with Crippen molar-refractivity contribution in [2.45, 2.75) is 19.4 Å². The van der Waals surface area contributed by atoms with Crippen molar-refractivity contribution in [3.8, 4) is 0 Å². The number of imidazole rings is 1. The molecule has 2 fully saturated rings. The van der Waals surface area contributed by atoms with Crippen molar-refractivity contribution in [1.29, 1.82) is 0 Å². The first kappa shape index (κ1) is 21.4. The van der Waals surface area contributed by atoms with E-state index in [9.17, 15) is 4.79 Å². The molecule has 10 heteroatoms. The Kier molecular flexibility index (Phi) is 6.18. The lowest BCUT2D eigenvalue weighted by Gasteiger charge is -2.28. The molecule has 10 nitrogen and oxygen atoms in total. The summed E-state index contributed by atoms with van der Waals surface area (Å²) in [5.41, 5.74) is 6.14. The van der Waals surface area contributed by atoms with Crippen molar-refractivity contribution < 1.29 is 14.3 Å². The Balaban J connectivity index is 1.43. The molecular weight excluding hydrogens is 422 g/mol. The lowest BCUT2D eigenvalue weighted by Crippen LogP contribution is -2.38. The van der Waals surface area contributed by atoms with Gasteiger partial charge in [-0.15, -0.1) is 0 Å². The summed E-state index contributed by atoms with van der Waals surface area (Å²) in [6.07, 6.45) is 4.30. The highest BCUT2D eigenvalue weighted by atomic mass is 16.5. The van der Waals surface area contributed by atoms with Crippen molar-refractivity contribution in [1.82, 2.24) is 19.7 Å². The summed E-state index contributed by atoms with van der Waals surface area (Å²) in [4.78, 5) is 24.2. The number of hydrogen-bond acceptors (Lipinski definition) is 8. The summed E-state index contributed by atoms with van der Waals surface area (Å²) in [6, 6.07) is 9.88. The minimum absolute atomic E-state index is 0.0207. The van der Waals surface area contributed by atoms with Crippen LogP contribution < -0.4 is 15.6 Å². The third kappa shape index (κ3) is 4.96. The average molecular weight is 450 g/mol. The summed E-state index contributed by atoms with van der Waals surface area (Å²) in [6.45, 7) is 5.90. The highest BCUT2D eigenvalue weighted by molar-refractivity contribution is 5.93. The number of aromatic nitrogens is 3. The summed E-state index contributed by atoms with van der Waals surface area (Å²) < 4.78 is 12.7. The Bertz CT molecular complexity index is 1160.